The first kappa shape index (κ1) is 17.9. The van der Waals surface area contributed by atoms with Crippen molar-refractivity contribution in [2.24, 2.45) is 0 Å². The molecule has 0 spiro atoms. The second kappa shape index (κ2) is 7.64. The van der Waals surface area contributed by atoms with Gasteiger partial charge >= 0.3 is 0 Å². The maximum atomic E-state index is 13.1. The molecule has 27 heavy (non-hydrogen) atoms. The van der Waals surface area contributed by atoms with Gasteiger partial charge in [0.25, 0.3) is 5.56 Å². The minimum atomic E-state index is -0.151. The van der Waals surface area contributed by atoms with Gasteiger partial charge in [-0.1, -0.05) is 49.6 Å². The predicted octanol–water partition coefficient (Wildman–Crippen LogP) is 3.88. The monoisotopic (exact) mass is 381 g/mol. The minimum Gasteiger partial charge on any atom is -0.352 e. The van der Waals surface area contributed by atoms with Crippen LogP contribution in [-0.2, 0) is 11.3 Å². The van der Waals surface area contributed by atoms with Gasteiger partial charge in [-0.2, -0.15) is 0 Å². The fraction of sp³-hybridized carbons (Fsp3) is 0.381. The Balaban J connectivity index is 1.65. The first-order valence-corrected chi connectivity index (χ1v) is 10.3. The van der Waals surface area contributed by atoms with Crippen LogP contribution in [0.5, 0.6) is 0 Å². The SMILES string of the molecule is Cc1sc2ncn(CC(=O)NC3CCCCC3)c(=O)c2c1-c1ccccc1. The molecule has 0 unspecified atom stereocenters. The standard InChI is InChI=1S/C21H23N3O2S/c1-14-18(15-8-4-2-5-9-15)19-20(27-14)22-13-24(21(19)26)12-17(25)23-16-10-6-3-7-11-16/h2,4-5,8-9,13,16H,3,6-7,10-12H2,1H3,(H,23,25). The van der Waals surface area contributed by atoms with Gasteiger partial charge < -0.3 is 5.32 Å². The minimum absolute atomic E-state index is 0.0153. The molecular weight excluding hydrogens is 358 g/mol. The van der Waals surface area contributed by atoms with Crippen molar-refractivity contribution >= 4 is 27.5 Å². The van der Waals surface area contributed by atoms with Gasteiger partial charge in [0, 0.05) is 16.5 Å². The molecule has 3 aromatic rings. The third-order valence-electron chi connectivity index (χ3n) is 5.20. The molecule has 2 aromatic heterocycles. The number of nitrogens with one attached hydrogen (secondary N) is 1. The Morgan fingerprint density at radius 3 is 2.70 bits per heavy atom. The van der Waals surface area contributed by atoms with Crippen LogP contribution in [0, 0.1) is 6.92 Å². The van der Waals surface area contributed by atoms with Crippen molar-refractivity contribution in [3.63, 3.8) is 0 Å². The highest BCUT2D eigenvalue weighted by Gasteiger charge is 2.19. The molecule has 140 valence electrons. The van der Waals surface area contributed by atoms with Crippen molar-refractivity contribution < 1.29 is 4.79 Å². The van der Waals surface area contributed by atoms with Crippen LogP contribution < -0.4 is 10.9 Å². The maximum Gasteiger partial charge on any atom is 0.263 e. The molecule has 6 heteroatoms. The van der Waals surface area contributed by atoms with Crippen molar-refractivity contribution in [1.29, 1.82) is 0 Å². The Hall–Kier alpha value is -2.47. The van der Waals surface area contributed by atoms with E-state index in [4.69, 9.17) is 0 Å². The molecule has 0 aliphatic heterocycles. The Labute approximate surface area is 162 Å². The molecule has 0 radical (unpaired) electrons. The lowest BCUT2D eigenvalue weighted by Gasteiger charge is -2.22. The van der Waals surface area contributed by atoms with Crippen LogP contribution in [-0.4, -0.2) is 21.5 Å². The normalized spacial score (nSPS) is 15.1. The molecule has 1 aliphatic carbocycles. The molecule has 1 saturated carbocycles. The summed E-state index contributed by atoms with van der Waals surface area (Å²) in [5.74, 6) is -0.113. The Morgan fingerprint density at radius 2 is 1.96 bits per heavy atom. The summed E-state index contributed by atoms with van der Waals surface area (Å²) in [5, 5.41) is 3.68. The maximum absolute atomic E-state index is 13.1. The zero-order valence-electron chi connectivity index (χ0n) is 15.4. The van der Waals surface area contributed by atoms with Gasteiger partial charge in [0.05, 0.1) is 11.7 Å². The van der Waals surface area contributed by atoms with Crippen LogP contribution in [0.4, 0.5) is 0 Å². The topological polar surface area (TPSA) is 64.0 Å². The zero-order valence-corrected chi connectivity index (χ0v) is 16.2. The first-order valence-electron chi connectivity index (χ1n) is 9.47. The van der Waals surface area contributed by atoms with Crippen LogP contribution in [0.1, 0.15) is 37.0 Å². The number of rotatable bonds is 4. The fourth-order valence-corrected chi connectivity index (χ4v) is 4.88. The highest BCUT2D eigenvalue weighted by atomic mass is 32.1. The fourth-order valence-electron chi connectivity index (χ4n) is 3.88. The third kappa shape index (κ3) is 3.67. The van der Waals surface area contributed by atoms with Gasteiger partial charge in [0.1, 0.15) is 11.4 Å². The van der Waals surface area contributed by atoms with Gasteiger partial charge in [-0.25, -0.2) is 4.98 Å². The van der Waals surface area contributed by atoms with E-state index in [-0.39, 0.29) is 24.1 Å². The quantitative estimate of drug-likeness (QED) is 0.746. The molecule has 1 fully saturated rings. The van der Waals surface area contributed by atoms with Gasteiger partial charge in [0.2, 0.25) is 5.91 Å². The van der Waals surface area contributed by atoms with Crippen LogP contribution in [0.15, 0.2) is 41.5 Å². The van der Waals surface area contributed by atoms with E-state index in [1.807, 2.05) is 37.3 Å². The molecular formula is C21H23N3O2S. The van der Waals surface area contributed by atoms with Gasteiger partial charge in [-0.05, 0) is 25.3 Å². The van der Waals surface area contributed by atoms with Crippen molar-refractivity contribution in [1.82, 2.24) is 14.9 Å². The zero-order chi connectivity index (χ0) is 18.8. The summed E-state index contributed by atoms with van der Waals surface area (Å²) in [7, 11) is 0. The van der Waals surface area contributed by atoms with E-state index in [1.165, 1.54) is 28.7 Å². The number of fused-ring (bicyclic) bond motifs is 1. The molecule has 0 bridgehead atoms. The summed E-state index contributed by atoms with van der Waals surface area (Å²) in [5.41, 5.74) is 1.78. The molecule has 1 amide bonds. The summed E-state index contributed by atoms with van der Waals surface area (Å²) in [6, 6.07) is 10.1. The lowest BCUT2D eigenvalue weighted by molar-refractivity contribution is -0.122. The second-order valence-corrected chi connectivity index (χ2v) is 8.36. The van der Waals surface area contributed by atoms with Gasteiger partial charge in [-0.3, -0.25) is 14.2 Å². The van der Waals surface area contributed by atoms with Gasteiger partial charge in [-0.15, -0.1) is 11.3 Å². The summed E-state index contributed by atoms with van der Waals surface area (Å²) in [6.45, 7) is 2.02. The number of carbonyl (C=O) groups excluding carboxylic acids is 1. The summed E-state index contributed by atoms with van der Waals surface area (Å²) in [6.07, 6.45) is 7.11. The largest absolute Gasteiger partial charge is 0.352 e. The number of aromatic nitrogens is 2. The Kier molecular flexibility index (Phi) is 5.07. The lowest BCUT2D eigenvalue weighted by atomic mass is 9.95. The molecule has 2 heterocycles. The average molecular weight is 382 g/mol. The van der Waals surface area contributed by atoms with E-state index in [1.54, 1.807) is 0 Å². The van der Waals surface area contributed by atoms with E-state index in [2.05, 4.69) is 10.3 Å². The number of hydrogen-bond acceptors (Lipinski definition) is 4. The molecule has 5 nitrogen and oxygen atoms in total. The van der Waals surface area contributed by atoms with Crippen molar-refractivity contribution in [2.45, 2.75) is 51.6 Å². The summed E-state index contributed by atoms with van der Waals surface area (Å²) < 4.78 is 1.43. The number of nitrogens with zero attached hydrogens (tertiary/aromatic N) is 2. The number of hydrogen-bond donors (Lipinski definition) is 1. The predicted molar refractivity (Wildman–Crippen MR) is 109 cm³/mol. The second-order valence-electron chi connectivity index (χ2n) is 7.16. The van der Waals surface area contributed by atoms with E-state index >= 15 is 0 Å². The molecule has 4 rings (SSSR count). The van der Waals surface area contributed by atoms with Crippen molar-refractivity contribution in [2.75, 3.05) is 0 Å². The highest BCUT2D eigenvalue weighted by molar-refractivity contribution is 7.19. The number of amides is 1. The lowest BCUT2D eigenvalue weighted by Crippen LogP contribution is -2.39. The first-order chi connectivity index (χ1) is 13.1. The van der Waals surface area contributed by atoms with Gasteiger partial charge in [0.15, 0.2) is 0 Å². The average Bonchev–Trinajstić information content (AvgIpc) is 3.02. The molecule has 0 saturated heterocycles. The van der Waals surface area contributed by atoms with Crippen LogP contribution in [0.25, 0.3) is 21.3 Å². The van der Waals surface area contributed by atoms with E-state index in [0.29, 0.717) is 5.39 Å². The Bertz CT molecular complexity index is 1020. The molecule has 0 atom stereocenters. The van der Waals surface area contributed by atoms with Crippen LogP contribution in [0.3, 0.4) is 0 Å². The van der Waals surface area contributed by atoms with E-state index in [9.17, 15) is 9.59 Å². The smallest absolute Gasteiger partial charge is 0.263 e. The highest BCUT2D eigenvalue weighted by Crippen LogP contribution is 2.35. The van der Waals surface area contributed by atoms with E-state index in [0.717, 1.165) is 46.5 Å². The molecule has 1 aromatic carbocycles. The van der Waals surface area contributed by atoms with Crippen molar-refractivity contribution in [3.8, 4) is 11.1 Å². The Morgan fingerprint density at radius 1 is 1.22 bits per heavy atom. The number of aryl methyl sites for hydroxylation is 1. The molecule has 1 N–H and O–H groups in total. The number of benzene rings is 1. The summed E-state index contributed by atoms with van der Waals surface area (Å²) >= 11 is 1.52. The van der Waals surface area contributed by atoms with Crippen LogP contribution in [0.2, 0.25) is 0 Å². The molecule has 1 aliphatic rings. The summed E-state index contributed by atoms with van der Waals surface area (Å²) in [4.78, 5) is 31.8. The van der Waals surface area contributed by atoms with E-state index < -0.39 is 0 Å². The van der Waals surface area contributed by atoms with Crippen LogP contribution >= 0.6 is 11.3 Å². The number of thiophene rings is 1. The number of carbonyl (C=O) groups is 1. The van der Waals surface area contributed by atoms with Crippen molar-refractivity contribution in [3.05, 3.63) is 51.9 Å². The third-order valence-corrected chi connectivity index (χ3v) is 6.21.